The van der Waals surface area contributed by atoms with Gasteiger partial charge in [0.15, 0.2) is 11.6 Å². The van der Waals surface area contributed by atoms with Crippen molar-refractivity contribution in [3.63, 3.8) is 0 Å². The van der Waals surface area contributed by atoms with E-state index < -0.39 is 11.6 Å². The van der Waals surface area contributed by atoms with E-state index in [1.807, 2.05) is 43.5 Å². The lowest BCUT2D eigenvalue weighted by Crippen LogP contribution is -2.51. The molecule has 1 saturated heterocycles. The van der Waals surface area contributed by atoms with Crippen molar-refractivity contribution in [2.45, 2.75) is 32.9 Å². The molecular formula is C26H26F2N6O2. The molecule has 0 bridgehead atoms. The maximum absolute atomic E-state index is 15.0. The number of fused-ring (bicyclic) bond motifs is 4. The van der Waals surface area contributed by atoms with Crippen molar-refractivity contribution >= 4 is 28.4 Å². The largest absolute Gasteiger partial charge is 0.489 e. The summed E-state index contributed by atoms with van der Waals surface area (Å²) in [7, 11) is 0. The van der Waals surface area contributed by atoms with Crippen LogP contribution in [0.4, 0.5) is 26.1 Å². The first-order valence-corrected chi connectivity index (χ1v) is 12.0. The van der Waals surface area contributed by atoms with E-state index >= 15 is 0 Å². The Morgan fingerprint density at radius 2 is 1.94 bits per heavy atom. The van der Waals surface area contributed by atoms with Crippen molar-refractivity contribution in [3.8, 4) is 17.0 Å². The van der Waals surface area contributed by atoms with Gasteiger partial charge in [-0.15, -0.1) is 0 Å². The first-order valence-electron chi connectivity index (χ1n) is 12.0. The average Bonchev–Trinajstić information content (AvgIpc) is 3.21. The topological polar surface area (TPSA) is 77.3 Å². The van der Waals surface area contributed by atoms with Crippen molar-refractivity contribution in [2.24, 2.45) is 0 Å². The smallest absolute Gasteiger partial charge is 0.227 e. The quantitative estimate of drug-likeness (QED) is 0.430. The third kappa shape index (κ3) is 3.81. The second kappa shape index (κ2) is 8.70. The molecule has 0 aliphatic carbocycles. The monoisotopic (exact) mass is 492 g/mol. The van der Waals surface area contributed by atoms with Crippen molar-refractivity contribution in [1.29, 1.82) is 0 Å². The van der Waals surface area contributed by atoms with Gasteiger partial charge in [0, 0.05) is 29.9 Å². The van der Waals surface area contributed by atoms with Gasteiger partial charge >= 0.3 is 0 Å². The number of ether oxygens (including phenoxy) is 2. The van der Waals surface area contributed by atoms with Crippen LogP contribution in [0.3, 0.4) is 0 Å². The van der Waals surface area contributed by atoms with Gasteiger partial charge in [-0.25, -0.2) is 23.7 Å². The fourth-order valence-electron chi connectivity index (χ4n) is 5.06. The van der Waals surface area contributed by atoms with E-state index in [1.54, 1.807) is 6.07 Å². The van der Waals surface area contributed by atoms with E-state index in [0.717, 1.165) is 24.2 Å². The van der Waals surface area contributed by atoms with Gasteiger partial charge < -0.3 is 24.3 Å². The van der Waals surface area contributed by atoms with E-state index in [-0.39, 0.29) is 29.2 Å². The highest BCUT2D eigenvalue weighted by Crippen LogP contribution is 2.37. The summed E-state index contributed by atoms with van der Waals surface area (Å²) < 4.78 is 43.2. The summed E-state index contributed by atoms with van der Waals surface area (Å²) in [4.78, 5) is 15.1. The molecule has 0 radical (unpaired) electrons. The molecule has 1 N–H and O–H groups in total. The number of morpholine rings is 1. The van der Waals surface area contributed by atoms with Crippen LogP contribution in [0.2, 0.25) is 0 Å². The molecule has 4 aromatic rings. The summed E-state index contributed by atoms with van der Waals surface area (Å²) in [5.74, 6) is 0.481. The van der Waals surface area contributed by atoms with Crippen LogP contribution in [-0.2, 0) is 4.74 Å². The number of imidazole rings is 1. The minimum atomic E-state index is -0.640. The molecule has 4 heterocycles. The molecular weight excluding hydrogens is 466 g/mol. The summed E-state index contributed by atoms with van der Waals surface area (Å²) in [6.45, 7) is 8.51. The second-order valence-electron chi connectivity index (χ2n) is 9.38. The first kappa shape index (κ1) is 22.7. The third-order valence-corrected chi connectivity index (χ3v) is 6.64. The van der Waals surface area contributed by atoms with Crippen molar-refractivity contribution in [2.75, 3.05) is 36.6 Å². The van der Waals surface area contributed by atoms with Gasteiger partial charge in [-0.2, -0.15) is 0 Å². The van der Waals surface area contributed by atoms with E-state index in [0.29, 0.717) is 42.4 Å². The van der Waals surface area contributed by atoms with Crippen LogP contribution in [0.1, 0.15) is 25.7 Å². The minimum Gasteiger partial charge on any atom is -0.489 e. The van der Waals surface area contributed by atoms with Crippen LogP contribution in [0.5, 0.6) is 5.75 Å². The van der Waals surface area contributed by atoms with E-state index in [9.17, 15) is 8.78 Å². The number of halogens is 2. The summed E-state index contributed by atoms with van der Waals surface area (Å²) >= 11 is 0. The van der Waals surface area contributed by atoms with E-state index in [4.69, 9.17) is 9.47 Å². The van der Waals surface area contributed by atoms with Gasteiger partial charge in [0.05, 0.1) is 36.7 Å². The number of rotatable bonds is 4. The molecule has 2 aromatic heterocycles. The number of aryl methyl sites for hydroxylation is 1. The highest BCUT2D eigenvalue weighted by molar-refractivity contribution is 5.83. The predicted molar refractivity (Wildman–Crippen MR) is 133 cm³/mol. The normalized spacial score (nSPS) is 17.2. The summed E-state index contributed by atoms with van der Waals surface area (Å²) in [6, 6.07) is 9.03. The Labute approximate surface area is 206 Å². The lowest BCUT2D eigenvalue weighted by Gasteiger charge is -2.41. The number of anilines is 3. The molecule has 186 valence electrons. The van der Waals surface area contributed by atoms with Crippen LogP contribution >= 0.6 is 0 Å². The maximum atomic E-state index is 15.0. The van der Waals surface area contributed by atoms with Gasteiger partial charge in [-0.1, -0.05) is 0 Å². The fraction of sp³-hybridized carbons (Fsp3) is 0.346. The Balaban J connectivity index is 1.33. The highest BCUT2D eigenvalue weighted by atomic mass is 19.1. The number of hydrogen-bond acceptors (Lipinski definition) is 7. The molecule has 1 unspecified atom stereocenters. The predicted octanol–water partition coefficient (Wildman–Crippen LogP) is 5.00. The molecule has 0 spiro atoms. The molecule has 2 aliphatic heterocycles. The van der Waals surface area contributed by atoms with E-state index in [2.05, 4.69) is 25.2 Å². The average molecular weight is 493 g/mol. The minimum absolute atomic E-state index is 0.00725. The zero-order valence-electron chi connectivity index (χ0n) is 20.3. The maximum Gasteiger partial charge on any atom is 0.227 e. The van der Waals surface area contributed by atoms with Crippen molar-refractivity contribution < 1.29 is 18.3 Å². The fourth-order valence-corrected chi connectivity index (χ4v) is 5.06. The summed E-state index contributed by atoms with van der Waals surface area (Å²) in [6.07, 6.45) is 1.09. The van der Waals surface area contributed by atoms with Crippen LogP contribution < -0.4 is 15.0 Å². The highest BCUT2D eigenvalue weighted by Gasteiger charge is 2.30. The molecule has 1 fully saturated rings. The van der Waals surface area contributed by atoms with Crippen LogP contribution in [0.25, 0.3) is 22.3 Å². The van der Waals surface area contributed by atoms with E-state index in [1.165, 1.54) is 6.07 Å². The molecule has 10 heteroatoms. The molecule has 36 heavy (non-hydrogen) atoms. The molecule has 0 saturated carbocycles. The molecule has 2 aliphatic rings. The SMILES string of the molecule is Cc1nc2c(F)cc(-c3nc(Nc4ccc5c(c4)OCC4COCCN54)ncc3F)cc2n1C(C)C. The van der Waals surface area contributed by atoms with Crippen molar-refractivity contribution in [3.05, 3.63) is 54.0 Å². The number of hydrogen-bond donors (Lipinski definition) is 1. The Hall–Kier alpha value is -3.79. The van der Waals surface area contributed by atoms with Crippen molar-refractivity contribution in [1.82, 2.24) is 19.5 Å². The zero-order valence-corrected chi connectivity index (χ0v) is 20.3. The standard InChI is InChI=1S/C26H26F2N6O2/c1-14(2)34-15(3)30-25-19(27)8-16(9-22(25)34)24-20(28)11-29-26(32-24)31-17-4-5-21-23(10-17)36-13-18-12-35-7-6-33(18)21/h4-5,8-11,14,18H,6-7,12-13H2,1-3H3,(H,29,31,32). The molecule has 0 amide bonds. The summed E-state index contributed by atoms with van der Waals surface area (Å²) in [5.41, 5.74) is 2.90. The lowest BCUT2D eigenvalue weighted by molar-refractivity contribution is 0.0705. The number of nitrogens with one attached hydrogen (secondary N) is 1. The van der Waals surface area contributed by atoms with Gasteiger partial charge in [-0.3, -0.25) is 0 Å². The van der Waals surface area contributed by atoms with Gasteiger partial charge in [-0.05, 0) is 45.0 Å². The van der Waals surface area contributed by atoms with Crippen LogP contribution in [-0.4, -0.2) is 51.9 Å². The first-order chi connectivity index (χ1) is 17.4. The second-order valence-corrected chi connectivity index (χ2v) is 9.38. The number of nitrogens with zero attached hydrogens (tertiary/aromatic N) is 5. The molecule has 8 nitrogen and oxygen atoms in total. The van der Waals surface area contributed by atoms with Crippen LogP contribution in [0, 0.1) is 18.6 Å². The molecule has 6 rings (SSSR count). The zero-order chi connectivity index (χ0) is 25.0. The third-order valence-electron chi connectivity index (χ3n) is 6.64. The molecule has 1 atom stereocenters. The lowest BCUT2D eigenvalue weighted by atomic mass is 10.1. The number of aromatic nitrogens is 4. The van der Waals surface area contributed by atoms with Gasteiger partial charge in [0.2, 0.25) is 5.95 Å². The number of benzene rings is 2. The Kier molecular flexibility index (Phi) is 5.48. The Morgan fingerprint density at radius 1 is 1.08 bits per heavy atom. The Bertz CT molecular complexity index is 1470. The Morgan fingerprint density at radius 3 is 2.78 bits per heavy atom. The van der Waals surface area contributed by atoms with Crippen LogP contribution in [0.15, 0.2) is 36.5 Å². The van der Waals surface area contributed by atoms with Gasteiger partial charge in [0.25, 0.3) is 0 Å². The van der Waals surface area contributed by atoms with Gasteiger partial charge in [0.1, 0.15) is 29.4 Å². The summed E-state index contributed by atoms with van der Waals surface area (Å²) in [5, 5.41) is 3.13. The molecule has 2 aromatic carbocycles.